The average molecular weight is 368 g/mol. The van der Waals surface area contributed by atoms with Crippen molar-refractivity contribution in [2.75, 3.05) is 0 Å². The number of fused-ring (bicyclic) bond motifs is 1. The fourth-order valence-corrected chi connectivity index (χ4v) is 2.58. The Kier molecular flexibility index (Phi) is 4.94. The van der Waals surface area contributed by atoms with Crippen molar-refractivity contribution in [2.45, 2.75) is 19.4 Å². The number of amides is 1. The number of carbonyl (C=O) groups excluding carboxylic acids is 1. The predicted molar refractivity (Wildman–Crippen MR) is 94.7 cm³/mol. The predicted octanol–water partition coefficient (Wildman–Crippen LogP) is 2.00. The Morgan fingerprint density at radius 3 is 2.74 bits per heavy atom. The van der Waals surface area contributed by atoms with E-state index in [1.54, 1.807) is 19.1 Å². The van der Waals surface area contributed by atoms with Crippen molar-refractivity contribution >= 4 is 16.8 Å². The maximum absolute atomic E-state index is 13.9. The van der Waals surface area contributed by atoms with Gasteiger partial charge in [-0.2, -0.15) is 5.10 Å². The second kappa shape index (κ2) is 7.33. The van der Waals surface area contributed by atoms with Crippen LogP contribution in [-0.4, -0.2) is 21.1 Å². The molecule has 2 aromatic heterocycles. The zero-order chi connectivity index (χ0) is 19.6. The zero-order valence-corrected chi connectivity index (χ0v) is 14.2. The molecule has 27 heavy (non-hydrogen) atoms. The highest BCUT2D eigenvalue weighted by molar-refractivity contribution is 5.83. The maximum atomic E-state index is 13.9. The van der Waals surface area contributed by atoms with Crippen LogP contribution >= 0.6 is 0 Å². The Hall–Kier alpha value is -3.60. The highest BCUT2D eigenvalue weighted by Crippen LogP contribution is 2.18. The number of terminal acetylenes is 1. The minimum absolute atomic E-state index is 0.0189. The van der Waals surface area contributed by atoms with E-state index in [0.29, 0.717) is 11.4 Å². The molecule has 0 radical (unpaired) electrons. The van der Waals surface area contributed by atoms with E-state index >= 15 is 0 Å². The van der Waals surface area contributed by atoms with Crippen molar-refractivity contribution in [1.82, 2.24) is 20.5 Å². The summed E-state index contributed by atoms with van der Waals surface area (Å²) < 4.78 is 27.3. The van der Waals surface area contributed by atoms with Gasteiger partial charge >= 0.3 is 0 Å². The summed E-state index contributed by atoms with van der Waals surface area (Å²) in [4.78, 5) is 26.8. The van der Waals surface area contributed by atoms with Crippen molar-refractivity contribution in [3.05, 3.63) is 69.3 Å². The van der Waals surface area contributed by atoms with Gasteiger partial charge in [0, 0.05) is 10.9 Å². The number of carbonyl (C=O) groups is 1. The number of H-pyrrole nitrogens is 1. The molecule has 0 fully saturated rings. The first kappa shape index (κ1) is 18.2. The highest BCUT2D eigenvalue weighted by atomic mass is 19.2. The summed E-state index contributed by atoms with van der Waals surface area (Å²) >= 11 is 0. The summed E-state index contributed by atoms with van der Waals surface area (Å²) in [5, 5.41) is 10.3. The average Bonchev–Trinajstić information content (AvgIpc) is 2.66. The molecule has 0 unspecified atom stereocenters. The minimum Gasteiger partial charge on any atom is -0.348 e. The second-order valence-corrected chi connectivity index (χ2v) is 5.90. The second-order valence-electron chi connectivity index (χ2n) is 5.90. The molecule has 0 aliphatic rings. The Labute approximate surface area is 152 Å². The normalized spacial score (nSPS) is 11.8. The Morgan fingerprint density at radius 2 is 2.07 bits per heavy atom. The van der Waals surface area contributed by atoms with E-state index in [1.165, 1.54) is 12.1 Å². The third kappa shape index (κ3) is 3.82. The van der Waals surface area contributed by atoms with Crippen molar-refractivity contribution < 1.29 is 13.6 Å². The summed E-state index contributed by atoms with van der Waals surface area (Å²) in [6, 6.07) is 6.11. The molecular formula is C19H14F2N4O2. The van der Waals surface area contributed by atoms with E-state index in [9.17, 15) is 18.4 Å². The van der Waals surface area contributed by atoms with Crippen LogP contribution in [-0.2, 0) is 11.2 Å². The fourth-order valence-electron chi connectivity index (χ4n) is 2.58. The van der Waals surface area contributed by atoms with Crippen LogP contribution < -0.4 is 10.9 Å². The summed E-state index contributed by atoms with van der Waals surface area (Å²) in [7, 11) is 0. The number of rotatable bonds is 4. The fraction of sp³-hybridized carbons (Fsp3) is 0.158. The molecule has 0 saturated heterocycles. The summed E-state index contributed by atoms with van der Waals surface area (Å²) in [5.74, 6) is -0.256. The quantitative estimate of drug-likeness (QED) is 0.690. The third-order valence-corrected chi connectivity index (χ3v) is 4.00. The van der Waals surface area contributed by atoms with Crippen molar-refractivity contribution in [2.24, 2.45) is 0 Å². The number of nitrogens with zero attached hydrogens (tertiary/aromatic N) is 2. The molecule has 8 heteroatoms. The zero-order valence-electron chi connectivity index (χ0n) is 14.2. The first-order valence-corrected chi connectivity index (χ1v) is 7.98. The van der Waals surface area contributed by atoms with Gasteiger partial charge in [-0.3, -0.25) is 9.59 Å². The lowest BCUT2D eigenvalue weighted by Crippen LogP contribution is -2.30. The van der Waals surface area contributed by atoms with Gasteiger partial charge < -0.3 is 10.3 Å². The molecule has 2 heterocycles. The highest BCUT2D eigenvalue weighted by Gasteiger charge is 2.15. The van der Waals surface area contributed by atoms with E-state index in [4.69, 9.17) is 6.42 Å². The van der Waals surface area contributed by atoms with Crippen LogP contribution in [0.25, 0.3) is 10.9 Å². The van der Waals surface area contributed by atoms with Gasteiger partial charge in [0.1, 0.15) is 5.69 Å². The number of aromatic nitrogens is 3. The van der Waals surface area contributed by atoms with Crippen molar-refractivity contribution in [3.63, 3.8) is 0 Å². The Balaban J connectivity index is 1.79. The minimum atomic E-state index is -1.08. The number of nitrogens with one attached hydrogen (secondary N) is 2. The van der Waals surface area contributed by atoms with Crippen LogP contribution in [0.2, 0.25) is 0 Å². The lowest BCUT2D eigenvalue weighted by molar-refractivity contribution is -0.121. The molecule has 3 aromatic rings. The molecule has 0 aliphatic heterocycles. The molecule has 1 amide bonds. The van der Waals surface area contributed by atoms with Crippen LogP contribution in [0, 0.1) is 24.0 Å². The Morgan fingerprint density at radius 1 is 1.30 bits per heavy atom. The lowest BCUT2D eigenvalue weighted by Gasteiger charge is -2.13. The topological polar surface area (TPSA) is 87.7 Å². The number of halogens is 2. The van der Waals surface area contributed by atoms with E-state index in [-0.39, 0.29) is 22.9 Å². The van der Waals surface area contributed by atoms with Crippen LogP contribution in [0.15, 0.2) is 35.1 Å². The summed E-state index contributed by atoms with van der Waals surface area (Å²) in [6.45, 7) is 1.69. The van der Waals surface area contributed by atoms with E-state index in [2.05, 4.69) is 26.4 Å². The molecule has 6 nitrogen and oxygen atoms in total. The number of pyridine rings is 1. The monoisotopic (exact) mass is 368 g/mol. The van der Waals surface area contributed by atoms with Gasteiger partial charge in [0.25, 0.3) is 5.56 Å². The van der Waals surface area contributed by atoms with Crippen LogP contribution in [0.3, 0.4) is 0 Å². The molecule has 2 N–H and O–H groups in total. The van der Waals surface area contributed by atoms with Gasteiger partial charge in [-0.1, -0.05) is 0 Å². The van der Waals surface area contributed by atoms with Gasteiger partial charge in [-0.05, 0) is 43.2 Å². The van der Waals surface area contributed by atoms with E-state index in [1.807, 2.05) is 0 Å². The molecular weight excluding hydrogens is 354 g/mol. The van der Waals surface area contributed by atoms with Crippen LogP contribution in [0.4, 0.5) is 8.78 Å². The molecule has 3 rings (SSSR count). The Bertz CT molecular complexity index is 1120. The molecule has 0 saturated carbocycles. The standard InChI is InChI=1S/C19H14F2N4O2/c1-3-12-4-6-15(25-24-12)10(2)22-17(26)9-11-8-13-16(23-19(11)27)7-5-14(20)18(13)21/h1,4-8,10H,9H2,2H3,(H,22,26)(H,23,27)/t10-/m1/s1. The number of aromatic amines is 1. The molecule has 1 aromatic carbocycles. The maximum Gasteiger partial charge on any atom is 0.252 e. The first-order valence-electron chi connectivity index (χ1n) is 7.98. The first-order chi connectivity index (χ1) is 12.9. The lowest BCUT2D eigenvalue weighted by atomic mass is 10.1. The largest absolute Gasteiger partial charge is 0.348 e. The van der Waals surface area contributed by atoms with Crippen molar-refractivity contribution in [1.29, 1.82) is 0 Å². The SMILES string of the molecule is C#Cc1ccc([C@@H](C)NC(=O)Cc2cc3c(F)c(F)ccc3[nH]c2=O)nn1. The molecule has 0 bridgehead atoms. The van der Waals surface area contributed by atoms with Crippen LogP contribution in [0.5, 0.6) is 0 Å². The van der Waals surface area contributed by atoms with Crippen LogP contribution in [0.1, 0.15) is 29.9 Å². The summed E-state index contributed by atoms with van der Waals surface area (Å²) in [5.41, 5.74) is 0.484. The molecule has 0 aliphatic carbocycles. The number of hydrogen-bond donors (Lipinski definition) is 2. The van der Waals surface area contributed by atoms with Gasteiger partial charge in [0.15, 0.2) is 11.6 Å². The van der Waals surface area contributed by atoms with E-state index in [0.717, 1.165) is 6.07 Å². The summed E-state index contributed by atoms with van der Waals surface area (Å²) in [6.07, 6.45) is 4.91. The van der Waals surface area contributed by atoms with Gasteiger partial charge in [0.2, 0.25) is 5.91 Å². The number of hydrogen-bond acceptors (Lipinski definition) is 4. The van der Waals surface area contributed by atoms with Gasteiger partial charge in [-0.15, -0.1) is 11.5 Å². The number of benzene rings is 1. The van der Waals surface area contributed by atoms with E-state index < -0.39 is 29.1 Å². The molecule has 136 valence electrons. The molecule has 0 spiro atoms. The smallest absolute Gasteiger partial charge is 0.252 e. The third-order valence-electron chi connectivity index (χ3n) is 4.00. The van der Waals surface area contributed by atoms with Gasteiger partial charge in [-0.25, -0.2) is 8.78 Å². The van der Waals surface area contributed by atoms with Gasteiger partial charge in [0.05, 0.1) is 23.7 Å². The van der Waals surface area contributed by atoms with Crippen molar-refractivity contribution in [3.8, 4) is 12.3 Å². The molecule has 1 atom stereocenters.